The Morgan fingerprint density at radius 3 is 2.75 bits per heavy atom. The number of rotatable bonds is 3. The zero-order valence-electron chi connectivity index (χ0n) is 6.68. The van der Waals surface area contributed by atoms with Crippen molar-refractivity contribution in [3.8, 4) is 0 Å². The molecule has 0 aliphatic carbocycles. The van der Waals surface area contributed by atoms with E-state index in [9.17, 15) is 5.11 Å². The summed E-state index contributed by atoms with van der Waals surface area (Å²) in [6.45, 7) is 0. The van der Waals surface area contributed by atoms with Crippen LogP contribution in [0.15, 0.2) is 12.5 Å². The number of aliphatic hydroxyl groups is 2. The van der Waals surface area contributed by atoms with Crippen LogP contribution in [0, 0.1) is 0 Å². The number of nitrogens with zero attached hydrogens (tertiary/aromatic N) is 2. The minimum atomic E-state index is -0.997. The first-order valence-electron chi connectivity index (χ1n) is 3.55. The first kappa shape index (κ1) is 9.51. The van der Waals surface area contributed by atoms with Gasteiger partial charge in [-0.05, 0) is 0 Å². The van der Waals surface area contributed by atoms with Crippen molar-refractivity contribution in [2.24, 2.45) is 7.05 Å². The van der Waals surface area contributed by atoms with E-state index in [-0.39, 0.29) is 5.88 Å². The van der Waals surface area contributed by atoms with Gasteiger partial charge in [-0.3, -0.25) is 0 Å². The second-order valence-electron chi connectivity index (χ2n) is 2.63. The summed E-state index contributed by atoms with van der Waals surface area (Å²) in [5, 5.41) is 18.6. The van der Waals surface area contributed by atoms with Gasteiger partial charge in [-0.15, -0.1) is 11.6 Å². The van der Waals surface area contributed by atoms with E-state index >= 15 is 0 Å². The first-order valence-corrected chi connectivity index (χ1v) is 4.08. The highest BCUT2D eigenvalue weighted by Crippen LogP contribution is 2.14. The van der Waals surface area contributed by atoms with E-state index in [0.29, 0.717) is 5.69 Å². The number of aliphatic hydroxyl groups excluding tert-OH is 2. The zero-order valence-corrected chi connectivity index (χ0v) is 7.44. The molecular formula is C7H11ClN2O2. The van der Waals surface area contributed by atoms with Crippen molar-refractivity contribution in [2.75, 3.05) is 5.88 Å². The molecule has 0 aromatic carbocycles. The molecule has 12 heavy (non-hydrogen) atoms. The lowest BCUT2D eigenvalue weighted by Gasteiger charge is -2.11. The second kappa shape index (κ2) is 3.89. The van der Waals surface area contributed by atoms with Crippen LogP contribution in [0.1, 0.15) is 11.8 Å². The average molecular weight is 191 g/mol. The molecule has 0 radical (unpaired) electrons. The maximum atomic E-state index is 9.39. The summed E-state index contributed by atoms with van der Waals surface area (Å²) >= 11 is 5.36. The summed E-state index contributed by atoms with van der Waals surface area (Å²) in [5.41, 5.74) is 0.436. The molecular weight excluding hydrogens is 180 g/mol. The van der Waals surface area contributed by atoms with Crippen molar-refractivity contribution in [1.82, 2.24) is 9.55 Å². The molecule has 68 valence electrons. The Bertz CT molecular complexity index is 251. The smallest absolute Gasteiger partial charge is 0.124 e. The van der Waals surface area contributed by atoms with Crippen LogP contribution in [0.3, 0.4) is 0 Å². The number of aryl methyl sites for hydroxylation is 1. The predicted octanol–water partition coefficient (Wildman–Crippen LogP) is 0.0532. The number of alkyl halides is 1. The summed E-state index contributed by atoms with van der Waals surface area (Å²) in [6, 6.07) is 0. The quantitative estimate of drug-likeness (QED) is 0.663. The fourth-order valence-electron chi connectivity index (χ4n) is 0.867. The van der Waals surface area contributed by atoms with Crippen LogP contribution in [0.4, 0.5) is 0 Å². The van der Waals surface area contributed by atoms with Crippen molar-refractivity contribution in [2.45, 2.75) is 12.2 Å². The van der Waals surface area contributed by atoms with Gasteiger partial charge in [0.2, 0.25) is 0 Å². The molecule has 5 heteroatoms. The number of hydrogen-bond donors (Lipinski definition) is 2. The Labute approximate surface area is 75.4 Å². The zero-order chi connectivity index (χ0) is 9.14. The van der Waals surface area contributed by atoms with Gasteiger partial charge in [-0.2, -0.15) is 0 Å². The van der Waals surface area contributed by atoms with Gasteiger partial charge in [0.05, 0.1) is 24.0 Å². The molecule has 0 aliphatic heterocycles. The molecule has 0 spiro atoms. The highest BCUT2D eigenvalue weighted by atomic mass is 35.5. The van der Waals surface area contributed by atoms with Crippen LogP contribution < -0.4 is 0 Å². The molecule has 2 N–H and O–H groups in total. The molecule has 1 heterocycles. The Morgan fingerprint density at radius 2 is 2.33 bits per heavy atom. The lowest BCUT2D eigenvalue weighted by atomic mass is 10.2. The summed E-state index contributed by atoms with van der Waals surface area (Å²) in [5.74, 6) is -0.00224. The van der Waals surface area contributed by atoms with Crippen molar-refractivity contribution >= 4 is 11.6 Å². The standard InChI is InChI=1S/C7H11ClN2O2/c1-10-3-5(9-4-10)7(12)6(11)2-8/h3-4,6-7,11-12H,2H2,1H3. The molecule has 0 fully saturated rings. The van der Waals surface area contributed by atoms with Gasteiger partial charge in [0.25, 0.3) is 0 Å². The summed E-state index contributed by atoms with van der Waals surface area (Å²) < 4.78 is 1.69. The third kappa shape index (κ3) is 1.97. The molecule has 0 amide bonds. The van der Waals surface area contributed by atoms with Gasteiger partial charge in [0.1, 0.15) is 6.10 Å². The Balaban J connectivity index is 2.70. The van der Waals surface area contributed by atoms with Crippen LogP contribution in [0.5, 0.6) is 0 Å². The SMILES string of the molecule is Cn1cnc(C(O)C(O)CCl)c1. The molecule has 1 rings (SSSR count). The number of imidazole rings is 1. The van der Waals surface area contributed by atoms with Crippen molar-refractivity contribution in [1.29, 1.82) is 0 Å². The van der Waals surface area contributed by atoms with Gasteiger partial charge in [-0.1, -0.05) is 0 Å². The number of aromatic nitrogens is 2. The maximum Gasteiger partial charge on any atom is 0.124 e. The molecule has 4 nitrogen and oxygen atoms in total. The van der Waals surface area contributed by atoms with Crippen molar-refractivity contribution in [3.05, 3.63) is 18.2 Å². The fraction of sp³-hybridized carbons (Fsp3) is 0.571. The molecule has 0 saturated heterocycles. The Morgan fingerprint density at radius 1 is 1.67 bits per heavy atom. The average Bonchev–Trinajstić information content (AvgIpc) is 2.49. The minimum absolute atomic E-state index is 0.00224. The highest BCUT2D eigenvalue weighted by molar-refractivity contribution is 6.18. The summed E-state index contributed by atoms with van der Waals surface area (Å²) in [7, 11) is 1.79. The monoisotopic (exact) mass is 190 g/mol. The maximum absolute atomic E-state index is 9.39. The van der Waals surface area contributed by atoms with E-state index < -0.39 is 12.2 Å². The van der Waals surface area contributed by atoms with Gasteiger partial charge < -0.3 is 14.8 Å². The van der Waals surface area contributed by atoms with E-state index in [1.54, 1.807) is 24.1 Å². The summed E-state index contributed by atoms with van der Waals surface area (Å²) in [6.07, 6.45) is 1.24. The van der Waals surface area contributed by atoms with Gasteiger partial charge in [0, 0.05) is 13.2 Å². The van der Waals surface area contributed by atoms with E-state index in [1.165, 1.54) is 0 Å². The fourth-order valence-corrected chi connectivity index (χ4v) is 1.04. The number of hydrogen-bond acceptors (Lipinski definition) is 3. The van der Waals surface area contributed by atoms with Crippen LogP contribution in [-0.2, 0) is 7.05 Å². The van der Waals surface area contributed by atoms with Crippen molar-refractivity contribution < 1.29 is 10.2 Å². The third-order valence-electron chi connectivity index (χ3n) is 1.55. The van der Waals surface area contributed by atoms with Gasteiger partial charge >= 0.3 is 0 Å². The molecule has 0 aliphatic rings. The molecule has 2 unspecified atom stereocenters. The van der Waals surface area contributed by atoms with Crippen LogP contribution in [-0.4, -0.2) is 31.7 Å². The van der Waals surface area contributed by atoms with E-state index in [1.807, 2.05) is 0 Å². The highest BCUT2D eigenvalue weighted by Gasteiger charge is 2.18. The number of halogens is 1. The lowest BCUT2D eigenvalue weighted by Crippen LogP contribution is -2.19. The first-order chi connectivity index (χ1) is 5.65. The minimum Gasteiger partial charge on any atom is -0.389 e. The van der Waals surface area contributed by atoms with E-state index in [4.69, 9.17) is 16.7 Å². The molecule has 1 aromatic heterocycles. The topological polar surface area (TPSA) is 58.3 Å². The Kier molecular flexibility index (Phi) is 3.08. The molecule has 1 aromatic rings. The Hall–Kier alpha value is -0.580. The molecule has 0 saturated carbocycles. The van der Waals surface area contributed by atoms with Crippen LogP contribution >= 0.6 is 11.6 Å². The van der Waals surface area contributed by atoms with E-state index in [0.717, 1.165) is 0 Å². The largest absolute Gasteiger partial charge is 0.389 e. The van der Waals surface area contributed by atoms with Crippen molar-refractivity contribution in [3.63, 3.8) is 0 Å². The third-order valence-corrected chi connectivity index (χ3v) is 1.87. The van der Waals surface area contributed by atoms with E-state index in [2.05, 4.69) is 4.98 Å². The molecule has 0 bridgehead atoms. The summed E-state index contributed by atoms with van der Waals surface area (Å²) in [4.78, 5) is 3.88. The van der Waals surface area contributed by atoms with Crippen LogP contribution in [0.2, 0.25) is 0 Å². The predicted molar refractivity (Wildman–Crippen MR) is 44.9 cm³/mol. The van der Waals surface area contributed by atoms with Crippen LogP contribution in [0.25, 0.3) is 0 Å². The van der Waals surface area contributed by atoms with Gasteiger partial charge in [0.15, 0.2) is 0 Å². The molecule has 2 atom stereocenters. The lowest BCUT2D eigenvalue weighted by molar-refractivity contribution is 0.0302. The normalized spacial score (nSPS) is 16.0. The second-order valence-corrected chi connectivity index (χ2v) is 2.94. The van der Waals surface area contributed by atoms with Gasteiger partial charge in [-0.25, -0.2) is 4.98 Å².